The summed E-state index contributed by atoms with van der Waals surface area (Å²) >= 11 is 0. The first-order valence-electron chi connectivity index (χ1n) is 9.39. The molecule has 0 spiro atoms. The summed E-state index contributed by atoms with van der Waals surface area (Å²) in [4.78, 5) is 28.7. The second kappa shape index (κ2) is 8.25. The minimum atomic E-state index is -0.979. The molecule has 6 nitrogen and oxygen atoms in total. The number of carbonyl (C=O) groups is 2. The molecule has 4 N–H and O–H groups in total. The van der Waals surface area contributed by atoms with Gasteiger partial charge < -0.3 is 16.2 Å². The monoisotopic (exact) mass is 379 g/mol. The number of nitrogen functional groups attached to an aromatic ring is 1. The van der Waals surface area contributed by atoms with Gasteiger partial charge in [-0.15, -0.1) is 0 Å². The molecule has 1 fully saturated rings. The summed E-state index contributed by atoms with van der Waals surface area (Å²) in [5.41, 5.74) is 8.25. The van der Waals surface area contributed by atoms with E-state index in [4.69, 9.17) is 5.73 Å². The highest BCUT2D eigenvalue weighted by atomic mass is 16.4. The lowest BCUT2D eigenvalue weighted by atomic mass is 9.59. The topological polar surface area (TPSA) is 105 Å². The van der Waals surface area contributed by atoms with Crippen molar-refractivity contribution in [1.82, 2.24) is 10.3 Å². The Morgan fingerprint density at radius 3 is 2.61 bits per heavy atom. The van der Waals surface area contributed by atoms with Gasteiger partial charge in [0, 0.05) is 6.20 Å². The van der Waals surface area contributed by atoms with E-state index >= 15 is 0 Å². The fraction of sp³-hybridized carbons (Fsp3) is 0.318. The average molecular weight is 379 g/mol. The molecule has 0 bridgehead atoms. The second-order valence-corrected chi connectivity index (χ2v) is 7.20. The van der Waals surface area contributed by atoms with E-state index in [-0.39, 0.29) is 17.9 Å². The molecule has 0 radical (unpaired) electrons. The van der Waals surface area contributed by atoms with Crippen LogP contribution in [0.2, 0.25) is 0 Å². The lowest BCUT2D eigenvalue weighted by Crippen LogP contribution is -2.52. The van der Waals surface area contributed by atoms with Crippen LogP contribution in [0.4, 0.5) is 5.82 Å². The Balaban J connectivity index is 1.73. The van der Waals surface area contributed by atoms with Gasteiger partial charge in [0.05, 0.1) is 17.9 Å². The van der Waals surface area contributed by atoms with Crippen molar-refractivity contribution in [2.75, 3.05) is 5.73 Å². The zero-order valence-electron chi connectivity index (χ0n) is 15.8. The van der Waals surface area contributed by atoms with Crippen molar-refractivity contribution < 1.29 is 14.7 Å². The molecule has 1 unspecified atom stereocenters. The molecule has 1 aliphatic rings. The van der Waals surface area contributed by atoms with E-state index in [1.54, 1.807) is 18.3 Å². The van der Waals surface area contributed by atoms with Gasteiger partial charge in [-0.25, -0.2) is 4.98 Å². The van der Waals surface area contributed by atoms with Crippen molar-refractivity contribution in [3.63, 3.8) is 0 Å². The van der Waals surface area contributed by atoms with Gasteiger partial charge in [-0.2, -0.15) is 0 Å². The minimum absolute atomic E-state index is 0.157. The third kappa shape index (κ3) is 3.91. The lowest BCUT2D eigenvalue weighted by molar-refractivity contribution is -0.152. The van der Waals surface area contributed by atoms with Crippen molar-refractivity contribution >= 4 is 17.7 Å². The van der Waals surface area contributed by atoms with Crippen LogP contribution in [0, 0.1) is 17.8 Å². The van der Waals surface area contributed by atoms with Gasteiger partial charge in [-0.3, -0.25) is 9.59 Å². The Labute approximate surface area is 164 Å². The van der Waals surface area contributed by atoms with Gasteiger partial charge in [0.1, 0.15) is 5.82 Å². The number of anilines is 1. The van der Waals surface area contributed by atoms with Crippen LogP contribution >= 0.6 is 0 Å². The van der Waals surface area contributed by atoms with Crippen molar-refractivity contribution in [1.29, 1.82) is 0 Å². The van der Waals surface area contributed by atoms with Crippen LogP contribution < -0.4 is 11.1 Å². The fourth-order valence-electron chi connectivity index (χ4n) is 3.95. The van der Waals surface area contributed by atoms with E-state index in [0.717, 1.165) is 11.1 Å². The van der Waals surface area contributed by atoms with Gasteiger partial charge in [-0.05, 0) is 42.0 Å². The summed E-state index contributed by atoms with van der Waals surface area (Å²) in [7, 11) is 0. The van der Waals surface area contributed by atoms with Crippen LogP contribution in [0.5, 0.6) is 0 Å². The maximum Gasteiger partial charge on any atom is 0.308 e. The Morgan fingerprint density at radius 2 is 2.00 bits per heavy atom. The van der Waals surface area contributed by atoms with Crippen LogP contribution in [0.15, 0.2) is 60.8 Å². The first kappa shape index (κ1) is 19.6. The molecule has 0 aliphatic heterocycles. The number of rotatable bonds is 7. The quantitative estimate of drug-likeness (QED) is 0.642. The Bertz CT molecular complexity index is 882. The predicted octanol–water partition coefficient (Wildman–Crippen LogP) is 2.98. The van der Waals surface area contributed by atoms with Crippen molar-refractivity contribution in [2.24, 2.45) is 17.8 Å². The predicted molar refractivity (Wildman–Crippen MR) is 107 cm³/mol. The summed E-state index contributed by atoms with van der Waals surface area (Å²) < 4.78 is 0. The number of carboxylic acid groups (broad SMARTS) is 1. The molecular weight excluding hydrogens is 354 g/mol. The molecule has 0 saturated heterocycles. The zero-order valence-corrected chi connectivity index (χ0v) is 15.8. The Hall–Kier alpha value is -3.15. The van der Waals surface area contributed by atoms with E-state index in [2.05, 4.69) is 16.9 Å². The van der Waals surface area contributed by atoms with Crippen LogP contribution in [0.25, 0.3) is 0 Å². The number of nitrogens with zero attached hydrogens (tertiary/aromatic N) is 1. The smallest absolute Gasteiger partial charge is 0.308 e. The number of hydrogen-bond acceptors (Lipinski definition) is 4. The molecule has 6 heteroatoms. The molecule has 3 rings (SSSR count). The third-order valence-corrected chi connectivity index (χ3v) is 5.46. The molecule has 146 valence electrons. The molecular formula is C22H25N3O3. The molecule has 4 atom stereocenters. The second-order valence-electron chi connectivity index (χ2n) is 7.20. The van der Waals surface area contributed by atoms with Crippen molar-refractivity contribution in [2.45, 2.75) is 25.8 Å². The normalized spacial score (nSPS) is 22.2. The number of benzene rings is 1. The number of nitrogens with one attached hydrogen (secondary N) is 1. The number of aromatic nitrogens is 1. The van der Waals surface area contributed by atoms with E-state index in [1.165, 1.54) is 0 Å². The zero-order chi connectivity index (χ0) is 20.3. The number of carboxylic acids is 1. The molecule has 1 aromatic heterocycles. The number of hydrogen-bond donors (Lipinski definition) is 3. The number of pyridine rings is 1. The van der Waals surface area contributed by atoms with Gasteiger partial charge in [0.25, 0.3) is 0 Å². The maximum atomic E-state index is 12.9. The maximum absolute atomic E-state index is 12.9. The molecule has 1 aromatic carbocycles. The summed E-state index contributed by atoms with van der Waals surface area (Å²) in [6.45, 7) is 6.02. The van der Waals surface area contributed by atoms with Gasteiger partial charge >= 0.3 is 5.97 Å². The first-order valence-corrected chi connectivity index (χ1v) is 9.39. The number of nitrogens with two attached hydrogens (primary N) is 1. The van der Waals surface area contributed by atoms with E-state index in [1.807, 2.05) is 37.3 Å². The molecule has 1 heterocycles. The molecule has 1 saturated carbocycles. The largest absolute Gasteiger partial charge is 0.481 e. The average Bonchev–Trinajstić information content (AvgIpc) is 2.68. The summed E-state index contributed by atoms with van der Waals surface area (Å²) in [5.74, 6) is -2.69. The number of amides is 1. The van der Waals surface area contributed by atoms with Gasteiger partial charge in [0.2, 0.25) is 5.91 Å². The highest BCUT2D eigenvalue weighted by molar-refractivity contribution is 5.91. The number of aliphatic carboxylic acids is 1. The van der Waals surface area contributed by atoms with E-state index in [9.17, 15) is 14.7 Å². The number of carbonyl (C=O) groups excluding carboxylic acids is 1. The Kier molecular flexibility index (Phi) is 5.78. The highest BCUT2D eigenvalue weighted by Gasteiger charge is 2.52. The van der Waals surface area contributed by atoms with Crippen LogP contribution in [0.1, 0.15) is 30.5 Å². The first-order chi connectivity index (χ1) is 13.4. The van der Waals surface area contributed by atoms with Crippen LogP contribution in [0.3, 0.4) is 0 Å². The molecule has 1 amide bonds. The van der Waals surface area contributed by atoms with Crippen LogP contribution in [-0.2, 0) is 16.0 Å². The van der Waals surface area contributed by atoms with E-state index in [0.29, 0.717) is 24.2 Å². The van der Waals surface area contributed by atoms with Gasteiger partial charge in [0.15, 0.2) is 0 Å². The van der Waals surface area contributed by atoms with Crippen molar-refractivity contribution in [3.05, 3.63) is 71.9 Å². The summed E-state index contributed by atoms with van der Waals surface area (Å²) in [6.07, 6.45) is 2.78. The molecule has 28 heavy (non-hydrogen) atoms. The van der Waals surface area contributed by atoms with Gasteiger partial charge in [-0.1, -0.05) is 49.4 Å². The Morgan fingerprint density at radius 1 is 1.29 bits per heavy atom. The third-order valence-electron chi connectivity index (χ3n) is 5.46. The summed E-state index contributed by atoms with van der Waals surface area (Å²) in [5, 5.41) is 12.7. The van der Waals surface area contributed by atoms with E-state index < -0.39 is 17.8 Å². The standard InChI is InChI=1S/C22H25N3O3/c1-3-17(15-7-5-4-6-8-15)25-21(26)19-13(2)16(20(19)22(27)28)11-14-9-10-24-18(23)12-14/h4-10,12,16-17,19-20H,2-3,11H2,1H3,(H2,23,24)(H,25,26)(H,27,28)/t16-,17+,19?,20+/m0/s1. The lowest BCUT2D eigenvalue weighted by Gasteiger charge is -2.44. The van der Waals surface area contributed by atoms with Crippen LogP contribution in [-0.4, -0.2) is 22.0 Å². The summed E-state index contributed by atoms with van der Waals surface area (Å²) in [6, 6.07) is 13.0. The SMILES string of the molecule is C=C1C(C(=O)N[C@H](CC)c2ccccc2)[C@H](C(=O)O)[C@H]1Cc1ccnc(N)c1. The minimum Gasteiger partial charge on any atom is -0.481 e. The fourth-order valence-corrected chi connectivity index (χ4v) is 3.95. The highest BCUT2D eigenvalue weighted by Crippen LogP contribution is 2.47. The molecule has 2 aromatic rings. The molecule has 1 aliphatic carbocycles. The van der Waals surface area contributed by atoms with Crippen molar-refractivity contribution in [3.8, 4) is 0 Å².